The summed E-state index contributed by atoms with van der Waals surface area (Å²) < 4.78 is 2.08. The van der Waals surface area contributed by atoms with Gasteiger partial charge in [0.2, 0.25) is 5.91 Å². The molecule has 4 aromatic rings. The lowest BCUT2D eigenvalue weighted by Crippen LogP contribution is -2.33. The molecule has 0 saturated carbocycles. The second-order valence-electron chi connectivity index (χ2n) is 7.48. The second kappa shape index (κ2) is 6.84. The van der Waals surface area contributed by atoms with Crippen LogP contribution in [0.15, 0.2) is 53.3 Å². The Labute approximate surface area is 167 Å². The standard InChI is InChI=1S/C22H21N5O2/c1-26-18-10-5-4-9-16(18)23-21(26)19-11-6-12-27(19)20(28)13-17-14-7-2-3-8-15(14)22(29)25-24-17/h2-5,7-10,19H,6,11-13H2,1H3,(H,25,29)/t19-/m1/s1. The Bertz CT molecular complexity index is 1290. The first kappa shape index (κ1) is 17.6. The number of aryl methyl sites for hydroxylation is 1. The van der Waals surface area contributed by atoms with Crippen LogP contribution >= 0.6 is 0 Å². The molecule has 29 heavy (non-hydrogen) atoms. The van der Waals surface area contributed by atoms with Crippen LogP contribution < -0.4 is 5.56 Å². The van der Waals surface area contributed by atoms with E-state index in [2.05, 4.69) is 14.8 Å². The number of hydrogen-bond acceptors (Lipinski definition) is 4. The zero-order valence-corrected chi connectivity index (χ0v) is 16.1. The van der Waals surface area contributed by atoms with Gasteiger partial charge in [0.15, 0.2) is 0 Å². The quantitative estimate of drug-likeness (QED) is 0.586. The van der Waals surface area contributed by atoms with Crippen LogP contribution in [0, 0.1) is 0 Å². The minimum Gasteiger partial charge on any atom is -0.332 e. The molecule has 2 aromatic carbocycles. The maximum absolute atomic E-state index is 13.2. The van der Waals surface area contributed by atoms with Crippen molar-refractivity contribution in [3.63, 3.8) is 0 Å². The van der Waals surface area contributed by atoms with Crippen molar-refractivity contribution in [2.24, 2.45) is 7.05 Å². The van der Waals surface area contributed by atoms with Gasteiger partial charge in [-0.2, -0.15) is 5.10 Å². The van der Waals surface area contributed by atoms with Gasteiger partial charge in [-0.25, -0.2) is 10.1 Å². The molecule has 5 rings (SSSR count). The summed E-state index contributed by atoms with van der Waals surface area (Å²) in [5, 5.41) is 7.96. The summed E-state index contributed by atoms with van der Waals surface area (Å²) in [6.07, 6.45) is 1.99. The topological polar surface area (TPSA) is 83.9 Å². The third kappa shape index (κ3) is 2.90. The lowest BCUT2D eigenvalue weighted by atomic mass is 10.1. The molecule has 1 N–H and O–H groups in total. The third-order valence-electron chi connectivity index (χ3n) is 5.79. The molecule has 0 bridgehead atoms. The van der Waals surface area contributed by atoms with Gasteiger partial charge in [0.25, 0.3) is 5.56 Å². The smallest absolute Gasteiger partial charge is 0.272 e. The van der Waals surface area contributed by atoms with Crippen molar-refractivity contribution in [2.45, 2.75) is 25.3 Å². The number of carbonyl (C=O) groups excluding carboxylic acids is 1. The Morgan fingerprint density at radius 2 is 1.90 bits per heavy atom. The monoisotopic (exact) mass is 387 g/mol. The van der Waals surface area contributed by atoms with E-state index in [-0.39, 0.29) is 23.9 Å². The lowest BCUT2D eigenvalue weighted by molar-refractivity contribution is -0.131. The maximum Gasteiger partial charge on any atom is 0.272 e. The predicted molar refractivity (Wildman–Crippen MR) is 110 cm³/mol. The fraction of sp³-hybridized carbons (Fsp3) is 0.273. The number of carbonyl (C=O) groups is 1. The van der Waals surface area contributed by atoms with E-state index >= 15 is 0 Å². The van der Waals surface area contributed by atoms with Gasteiger partial charge >= 0.3 is 0 Å². The average Bonchev–Trinajstić information content (AvgIpc) is 3.35. The number of rotatable bonds is 3. The lowest BCUT2D eigenvalue weighted by Gasteiger charge is -2.24. The number of H-pyrrole nitrogens is 1. The van der Waals surface area contributed by atoms with Crippen LogP contribution in [-0.4, -0.2) is 37.1 Å². The molecule has 2 aromatic heterocycles. The van der Waals surface area contributed by atoms with Crippen molar-refractivity contribution in [1.82, 2.24) is 24.6 Å². The SMILES string of the molecule is Cn1c([C@H]2CCCN2C(=O)Cc2n[nH]c(=O)c3ccccc23)nc2ccccc21. The van der Waals surface area contributed by atoms with Crippen molar-refractivity contribution in [2.75, 3.05) is 6.54 Å². The average molecular weight is 387 g/mol. The number of benzene rings is 2. The van der Waals surface area contributed by atoms with Crippen molar-refractivity contribution >= 4 is 27.7 Å². The number of para-hydroxylation sites is 2. The highest BCUT2D eigenvalue weighted by Crippen LogP contribution is 2.33. The summed E-state index contributed by atoms with van der Waals surface area (Å²) in [5.74, 6) is 0.917. The number of imidazole rings is 1. The zero-order chi connectivity index (χ0) is 20.0. The molecule has 1 fully saturated rings. The van der Waals surface area contributed by atoms with Gasteiger partial charge in [-0.1, -0.05) is 30.3 Å². The van der Waals surface area contributed by atoms with E-state index in [0.717, 1.165) is 35.1 Å². The zero-order valence-electron chi connectivity index (χ0n) is 16.1. The largest absolute Gasteiger partial charge is 0.332 e. The van der Waals surface area contributed by atoms with Crippen molar-refractivity contribution in [3.8, 4) is 0 Å². The van der Waals surface area contributed by atoms with Gasteiger partial charge in [-0.15, -0.1) is 0 Å². The van der Waals surface area contributed by atoms with Gasteiger partial charge in [-0.3, -0.25) is 9.59 Å². The van der Waals surface area contributed by atoms with Gasteiger partial charge in [-0.05, 0) is 31.0 Å². The van der Waals surface area contributed by atoms with Gasteiger partial charge in [0, 0.05) is 19.0 Å². The molecule has 1 atom stereocenters. The first-order valence-electron chi connectivity index (χ1n) is 9.80. The molecule has 0 aliphatic carbocycles. The summed E-state index contributed by atoms with van der Waals surface area (Å²) in [6.45, 7) is 0.702. The summed E-state index contributed by atoms with van der Waals surface area (Å²) in [6, 6.07) is 15.2. The molecule has 1 amide bonds. The molecule has 1 aliphatic heterocycles. The fourth-order valence-corrected chi connectivity index (χ4v) is 4.35. The highest BCUT2D eigenvalue weighted by Gasteiger charge is 2.33. The molecule has 146 valence electrons. The van der Waals surface area contributed by atoms with Crippen LogP contribution in [-0.2, 0) is 18.3 Å². The number of nitrogens with zero attached hydrogens (tertiary/aromatic N) is 4. The number of fused-ring (bicyclic) bond motifs is 2. The van der Waals surface area contributed by atoms with Crippen LogP contribution in [0.4, 0.5) is 0 Å². The number of nitrogens with one attached hydrogen (secondary N) is 1. The Kier molecular flexibility index (Phi) is 4.16. The molecule has 0 radical (unpaired) electrons. The molecule has 1 saturated heterocycles. The number of aromatic nitrogens is 4. The Morgan fingerprint density at radius 3 is 2.72 bits per heavy atom. The fourth-order valence-electron chi connectivity index (χ4n) is 4.35. The number of likely N-dealkylation sites (tertiary alicyclic amines) is 1. The Balaban J connectivity index is 1.47. The van der Waals surface area contributed by atoms with E-state index in [9.17, 15) is 9.59 Å². The minimum atomic E-state index is -0.240. The molecule has 0 spiro atoms. The number of amides is 1. The van der Waals surface area contributed by atoms with E-state index in [1.807, 2.05) is 54.4 Å². The number of hydrogen-bond donors (Lipinski definition) is 1. The minimum absolute atomic E-state index is 0.00394. The van der Waals surface area contributed by atoms with Gasteiger partial charge in [0.05, 0.1) is 34.6 Å². The first-order chi connectivity index (χ1) is 14.1. The second-order valence-corrected chi connectivity index (χ2v) is 7.48. The van der Waals surface area contributed by atoms with Crippen molar-refractivity contribution < 1.29 is 4.79 Å². The molecule has 0 unspecified atom stereocenters. The highest BCUT2D eigenvalue weighted by molar-refractivity contribution is 5.88. The summed E-state index contributed by atoms with van der Waals surface area (Å²) in [7, 11) is 2.00. The van der Waals surface area contributed by atoms with Crippen molar-refractivity contribution in [1.29, 1.82) is 0 Å². The first-order valence-corrected chi connectivity index (χ1v) is 9.80. The predicted octanol–water partition coefficient (Wildman–Crippen LogP) is 2.72. The third-order valence-corrected chi connectivity index (χ3v) is 5.79. The molecular formula is C22H21N5O2. The molecule has 7 heteroatoms. The van der Waals surface area contributed by atoms with Crippen LogP contribution in [0.1, 0.15) is 30.4 Å². The van der Waals surface area contributed by atoms with Crippen LogP contribution in [0.3, 0.4) is 0 Å². The summed E-state index contributed by atoms with van der Waals surface area (Å²) in [5.41, 5.74) is 2.36. The van der Waals surface area contributed by atoms with Gasteiger partial charge < -0.3 is 9.47 Å². The van der Waals surface area contributed by atoms with E-state index in [1.54, 1.807) is 6.07 Å². The van der Waals surface area contributed by atoms with Crippen LogP contribution in [0.5, 0.6) is 0 Å². The van der Waals surface area contributed by atoms with E-state index in [1.165, 1.54) is 0 Å². The van der Waals surface area contributed by atoms with E-state index < -0.39 is 0 Å². The molecule has 1 aliphatic rings. The maximum atomic E-state index is 13.2. The van der Waals surface area contributed by atoms with Crippen molar-refractivity contribution in [3.05, 3.63) is 70.4 Å². The number of aromatic amines is 1. The van der Waals surface area contributed by atoms with Crippen LogP contribution in [0.2, 0.25) is 0 Å². The Morgan fingerprint density at radius 1 is 1.14 bits per heavy atom. The van der Waals surface area contributed by atoms with Crippen LogP contribution in [0.25, 0.3) is 21.8 Å². The molecule has 7 nitrogen and oxygen atoms in total. The van der Waals surface area contributed by atoms with Gasteiger partial charge in [0.1, 0.15) is 5.82 Å². The Hall–Kier alpha value is -3.48. The van der Waals surface area contributed by atoms with E-state index in [0.29, 0.717) is 17.6 Å². The highest BCUT2D eigenvalue weighted by atomic mass is 16.2. The molecule has 3 heterocycles. The normalized spacial score (nSPS) is 16.7. The molecular weight excluding hydrogens is 366 g/mol. The van der Waals surface area contributed by atoms with E-state index in [4.69, 9.17) is 4.98 Å². The summed E-state index contributed by atoms with van der Waals surface area (Å²) >= 11 is 0. The summed E-state index contributed by atoms with van der Waals surface area (Å²) in [4.78, 5) is 31.9.